The van der Waals surface area contributed by atoms with Gasteiger partial charge in [-0.05, 0) is 25.0 Å². The topological polar surface area (TPSA) is 45.2 Å². The largest absolute Gasteiger partial charge is 0.370 e. The van der Waals surface area contributed by atoms with E-state index in [1.165, 1.54) is 7.05 Å². The molecular formula is C14H21F2N3O. The van der Waals surface area contributed by atoms with Crippen LogP contribution in [0, 0.1) is 0 Å². The molecule has 1 amide bonds. The zero-order valence-corrected chi connectivity index (χ0v) is 12.3. The number of alkyl halides is 2. The van der Waals surface area contributed by atoms with E-state index in [4.69, 9.17) is 0 Å². The van der Waals surface area contributed by atoms with Gasteiger partial charge in [-0.15, -0.1) is 0 Å². The molecule has 1 N–H and O–H groups in total. The predicted molar refractivity (Wildman–Crippen MR) is 75.5 cm³/mol. The van der Waals surface area contributed by atoms with Crippen LogP contribution in [-0.2, 0) is 0 Å². The highest BCUT2D eigenvalue weighted by Crippen LogP contribution is 2.19. The van der Waals surface area contributed by atoms with E-state index in [1.807, 2.05) is 20.8 Å². The van der Waals surface area contributed by atoms with Gasteiger partial charge in [-0.2, -0.15) is 0 Å². The van der Waals surface area contributed by atoms with Crippen molar-refractivity contribution in [1.82, 2.24) is 9.88 Å². The van der Waals surface area contributed by atoms with E-state index < -0.39 is 18.9 Å². The van der Waals surface area contributed by atoms with Crippen LogP contribution in [0.5, 0.6) is 0 Å². The van der Waals surface area contributed by atoms with Gasteiger partial charge in [0, 0.05) is 24.8 Å². The summed E-state index contributed by atoms with van der Waals surface area (Å²) < 4.78 is 24.7. The first-order valence-electron chi connectivity index (χ1n) is 6.64. The molecule has 4 nitrogen and oxygen atoms in total. The van der Waals surface area contributed by atoms with Crippen molar-refractivity contribution in [2.75, 3.05) is 25.5 Å². The fourth-order valence-electron chi connectivity index (χ4n) is 1.75. The summed E-state index contributed by atoms with van der Waals surface area (Å²) in [5.41, 5.74) is 1.14. The Kier molecular flexibility index (Phi) is 5.85. The summed E-state index contributed by atoms with van der Waals surface area (Å²) in [7, 11) is 1.37. The van der Waals surface area contributed by atoms with Gasteiger partial charge >= 0.3 is 0 Å². The van der Waals surface area contributed by atoms with Crippen molar-refractivity contribution < 1.29 is 13.6 Å². The van der Waals surface area contributed by atoms with Crippen LogP contribution < -0.4 is 5.32 Å². The third-order valence-corrected chi connectivity index (χ3v) is 2.80. The monoisotopic (exact) mass is 285 g/mol. The van der Waals surface area contributed by atoms with Gasteiger partial charge in [0.1, 0.15) is 5.82 Å². The maximum absolute atomic E-state index is 12.4. The molecule has 0 atom stereocenters. The number of halogens is 2. The van der Waals surface area contributed by atoms with E-state index in [2.05, 4.69) is 10.3 Å². The minimum Gasteiger partial charge on any atom is -0.370 e. The number of carbonyl (C=O) groups excluding carboxylic acids is 1. The molecule has 1 aromatic rings. The number of rotatable bonds is 6. The average molecular weight is 285 g/mol. The zero-order chi connectivity index (χ0) is 15.3. The summed E-state index contributed by atoms with van der Waals surface area (Å²) >= 11 is 0. The number of amides is 1. The Morgan fingerprint density at radius 1 is 1.40 bits per heavy atom. The minimum absolute atomic E-state index is 0.153. The fourth-order valence-corrected chi connectivity index (χ4v) is 1.75. The van der Waals surface area contributed by atoms with Crippen molar-refractivity contribution in [2.24, 2.45) is 0 Å². The van der Waals surface area contributed by atoms with Crippen LogP contribution in [0.3, 0.4) is 0 Å². The van der Waals surface area contributed by atoms with Gasteiger partial charge in [0.15, 0.2) is 0 Å². The maximum atomic E-state index is 12.4. The predicted octanol–water partition coefficient (Wildman–Crippen LogP) is 2.97. The molecule has 0 aliphatic carbocycles. The summed E-state index contributed by atoms with van der Waals surface area (Å²) in [6, 6.07) is 3.26. The van der Waals surface area contributed by atoms with E-state index in [0.29, 0.717) is 17.9 Å². The summed E-state index contributed by atoms with van der Waals surface area (Å²) in [5, 5.41) is 3.05. The Bertz CT molecular complexity index is 464. The number of hydrogen-bond donors (Lipinski definition) is 1. The van der Waals surface area contributed by atoms with Gasteiger partial charge in [-0.3, -0.25) is 4.79 Å². The van der Waals surface area contributed by atoms with Crippen LogP contribution in [-0.4, -0.2) is 42.4 Å². The lowest BCUT2D eigenvalue weighted by molar-refractivity contribution is 0.0620. The Hall–Kier alpha value is -1.72. The molecule has 1 heterocycles. The second-order valence-electron chi connectivity index (χ2n) is 4.93. The Morgan fingerprint density at radius 2 is 2.05 bits per heavy atom. The molecular weight excluding hydrogens is 264 g/mol. The van der Waals surface area contributed by atoms with E-state index >= 15 is 0 Å². The molecule has 1 aromatic heterocycles. The normalized spacial score (nSPS) is 11.0. The molecule has 6 heteroatoms. The van der Waals surface area contributed by atoms with Crippen LogP contribution in [0.15, 0.2) is 12.1 Å². The number of pyridine rings is 1. The number of hydrogen-bond acceptors (Lipinski definition) is 3. The molecule has 0 unspecified atom stereocenters. The molecule has 112 valence electrons. The number of nitrogens with zero attached hydrogens (tertiary/aromatic N) is 2. The van der Waals surface area contributed by atoms with Crippen molar-refractivity contribution in [2.45, 2.75) is 33.1 Å². The SMILES string of the molecule is CCNc1cc(C(=O)N(C)CC(F)F)cc(C(C)C)n1. The van der Waals surface area contributed by atoms with Gasteiger partial charge in [0.2, 0.25) is 0 Å². The maximum Gasteiger partial charge on any atom is 0.255 e. The molecule has 20 heavy (non-hydrogen) atoms. The van der Waals surface area contributed by atoms with E-state index in [0.717, 1.165) is 10.6 Å². The van der Waals surface area contributed by atoms with Crippen molar-refractivity contribution >= 4 is 11.7 Å². The average Bonchev–Trinajstić information content (AvgIpc) is 2.37. The number of aromatic nitrogens is 1. The van der Waals surface area contributed by atoms with E-state index in [9.17, 15) is 13.6 Å². The first-order valence-corrected chi connectivity index (χ1v) is 6.64. The van der Waals surface area contributed by atoms with Crippen LogP contribution >= 0.6 is 0 Å². The first kappa shape index (κ1) is 16.3. The van der Waals surface area contributed by atoms with Crippen LogP contribution in [0.4, 0.5) is 14.6 Å². The van der Waals surface area contributed by atoms with Gasteiger partial charge in [0.05, 0.1) is 6.54 Å². The van der Waals surface area contributed by atoms with Crippen molar-refractivity contribution in [3.63, 3.8) is 0 Å². The molecule has 0 spiro atoms. The van der Waals surface area contributed by atoms with Gasteiger partial charge in [-0.25, -0.2) is 13.8 Å². The second-order valence-corrected chi connectivity index (χ2v) is 4.93. The molecule has 0 aliphatic rings. The summed E-state index contributed by atoms with van der Waals surface area (Å²) in [6.45, 7) is 5.96. The highest BCUT2D eigenvalue weighted by molar-refractivity contribution is 5.94. The summed E-state index contributed by atoms with van der Waals surface area (Å²) in [4.78, 5) is 17.6. The van der Waals surface area contributed by atoms with Crippen LogP contribution in [0.2, 0.25) is 0 Å². The highest BCUT2D eigenvalue weighted by Gasteiger charge is 2.18. The zero-order valence-electron chi connectivity index (χ0n) is 12.3. The third-order valence-electron chi connectivity index (χ3n) is 2.80. The Morgan fingerprint density at radius 3 is 2.55 bits per heavy atom. The molecule has 0 saturated carbocycles. The van der Waals surface area contributed by atoms with E-state index in [-0.39, 0.29) is 5.92 Å². The molecule has 0 radical (unpaired) electrons. The van der Waals surface area contributed by atoms with Crippen LogP contribution in [0.1, 0.15) is 42.7 Å². The Balaban J connectivity index is 3.06. The highest BCUT2D eigenvalue weighted by atomic mass is 19.3. The van der Waals surface area contributed by atoms with Gasteiger partial charge in [0.25, 0.3) is 12.3 Å². The molecule has 0 aromatic carbocycles. The first-order chi connectivity index (χ1) is 9.35. The second kappa shape index (κ2) is 7.17. The molecule has 0 aliphatic heterocycles. The quantitative estimate of drug-likeness (QED) is 0.874. The van der Waals surface area contributed by atoms with Crippen LogP contribution in [0.25, 0.3) is 0 Å². The van der Waals surface area contributed by atoms with Gasteiger partial charge < -0.3 is 10.2 Å². The lowest BCUT2D eigenvalue weighted by Gasteiger charge is -2.18. The minimum atomic E-state index is -2.54. The standard InChI is InChI=1S/C14H21F2N3O/c1-5-17-13-7-10(6-11(18-13)9(2)3)14(20)19(4)8-12(15)16/h6-7,9,12H,5,8H2,1-4H3,(H,17,18). The van der Waals surface area contributed by atoms with Gasteiger partial charge in [-0.1, -0.05) is 13.8 Å². The number of anilines is 1. The third kappa shape index (κ3) is 4.43. The van der Waals surface area contributed by atoms with Crippen molar-refractivity contribution in [1.29, 1.82) is 0 Å². The number of nitrogens with one attached hydrogen (secondary N) is 1. The molecule has 0 saturated heterocycles. The summed E-state index contributed by atoms with van der Waals surface area (Å²) in [5.74, 6) is 0.321. The van der Waals surface area contributed by atoms with Crippen molar-refractivity contribution in [3.8, 4) is 0 Å². The van der Waals surface area contributed by atoms with E-state index in [1.54, 1.807) is 12.1 Å². The lowest BCUT2D eigenvalue weighted by Crippen LogP contribution is -2.31. The molecule has 0 bridgehead atoms. The smallest absolute Gasteiger partial charge is 0.255 e. The Labute approximate surface area is 118 Å². The summed E-state index contributed by atoms with van der Waals surface area (Å²) in [6.07, 6.45) is -2.54. The molecule has 1 rings (SSSR count). The lowest BCUT2D eigenvalue weighted by atomic mass is 10.1. The number of carbonyl (C=O) groups is 1. The molecule has 0 fully saturated rings. The van der Waals surface area contributed by atoms with Crippen molar-refractivity contribution in [3.05, 3.63) is 23.4 Å². The fraction of sp³-hybridized carbons (Fsp3) is 0.571.